The van der Waals surface area contributed by atoms with E-state index in [1.54, 1.807) is 0 Å². The van der Waals surface area contributed by atoms with E-state index in [1.807, 2.05) is 12.1 Å². The van der Waals surface area contributed by atoms with Crippen molar-refractivity contribution in [3.8, 4) is 0 Å². The number of hydrogen-bond donors (Lipinski definition) is 0. The number of hydrogen-bond acceptors (Lipinski definition) is 2. The van der Waals surface area contributed by atoms with Crippen LogP contribution in [0.4, 0.5) is 0 Å². The molecule has 0 radical (unpaired) electrons. The van der Waals surface area contributed by atoms with Gasteiger partial charge in [0.15, 0.2) is 0 Å². The number of rotatable bonds is 0. The van der Waals surface area contributed by atoms with Crippen molar-refractivity contribution in [3.63, 3.8) is 0 Å². The largest absolute Gasteiger partial charge is 0.454 e. The molecular formula is C11H10O2. The highest BCUT2D eigenvalue weighted by Gasteiger charge is 2.49. The van der Waals surface area contributed by atoms with Crippen LogP contribution in [0.25, 0.3) is 0 Å². The lowest BCUT2D eigenvalue weighted by Crippen LogP contribution is -2.38. The van der Waals surface area contributed by atoms with E-state index in [4.69, 9.17) is 4.74 Å². The Morgan fingerprint density at radius 3 is 2.85 bits per heavy atom. The molecule has 0 saturated carbocycles. The molecule has 0 amide bonds. The van der Waals surface area contributed by atoms with Crippen LogP contribution in [-0.4, -0.2) is 5.97 Å². The standard InChI is InChI=1S/C11H10O2/c12-10-5-6-11(13-10)7-8-3-1-2-4-9(8)11/h1-4H,5-7H2. The van der Waals surface area contributed by atoms with Crippen molar-refractivity contribution < 1.29 is 9.53 Å². The summed E-state index contributed by atoms with van der Waals surface area (Å²) >= 11 is 0. The summed E-state index contributed by atoms with van der Waals surface area (Å²) in [6, 6.07) is 8.21. The van der Waals surface area contributed by atoms with Crippen LogP contribution in [0, 0.1) is 0 Å². The van der Waals surface area contributed by atoms with Crippen molar-refractivity contribution in [2.75, 3.05) is 0 Å². The summed E-state index contributed by atoms with van der Waals surface area (Å²) in [5, 5.41) is 0. The first-order valence-corrected chi connectivity index (χ1v) is 4.60. The molecule has 2 heteroatoms. The summed E-state index contributed by atoms with van der Waals surface area (Å²) < 4.78 is 5.37. The molecule has 3 rings (SSSR count). The van der Waals surface area contributed by atoms with Crippen LogP contribution in [0.1, 0.15) is 24.0 Å². The van der Waals surface area contributed by atoms with Crippen molar-refractivity contribution in [1.29, 1.82) is 0 Å². The molecule has 1 saturated heterocycles. The third kappa shape index (κ3) is 0.804. The predicted molar refractivity (Wildman–Crippen MR) is 47.2 cm³/mol. The molecule has 1 unspecified atom stereocenters. The molecule has 1 atom stereocenters. The summed E-state index contributed by atoms with van der Waals surface area (Å²) in [5.41, 5.74) is 2.33. The van der Waals surface area contributed by atoms with Crippen LogP contribution >= 0.6 is 0 Å². The van der Waals surface area contributed by atoms with Crippen LogP contribution in [0.5, 0.6) is 0 Å². The second kappa shape index (κ2) is 2.13. The van der Waals surface area contributed by atoms with Crippen molar-refractivity contribution in [2.45, 2.75) is 24.9 Å². The number of benzene rings is 1. The lowest BCUT2D eigenvalue weighted by Gasteiger charge is -2.39. The van der Waals surface area contributed by atoms with E-state index in [0.29, 0.717) is 6.42 Å². The molecule has 2 nitrogen and oxygen atoms in total. The smallest absolute Gasteiger partial charge is 0.306 e. The molecule has 0 aromatic heterocycles. The van der Waals surface area contributed by atoms with E-state index in [-0.39, 0.29) is 11.6 Å². The fraction of sp³-hybridized carbons (Fsp3) is 0.364. The third-order valence-electron chi connectivity index (χ3n) is 3.03. The summed E-state index contributed by atoms with van der Waals surface area (Å²) in [5.74, 6) is -0.0468. The van der Waals surface area contributed by atoms with E-state index in [9.17, 15) is 4.79 Å². The summed E-state index contributed by atoms with van der Waals surface area (Å²) in [6.45, 7) is 0. The number of carbonyl (C=O) groups is 1. The highest BCUT2D eigenvalue weighted by molar-refractivity contribution is 5.73. The molecule has 1 aliphatic heterocycles. The molecular weight excluding hydrogens is 164 g/mol. The van der Waals surface area contributed by atoms with E-state index in [0.717, 1.165) is 12.8 Å². The van der Waals surface area contributed by atoms with E-state index in [2.05, 4.69) is 12.1 Å². The van der Waals surface area contributed by atoms with Gasteiger partial charge in [0.25, 0.3) is 0 Å². The summed E-state index contributed by atoms with van der Waals surface area (Å²) in [6.07, 6.45) is 2.35. The number of carbonyl (C=O) groups excluding carboxylic acids is 1. The predicted octanol–water partition coefficient (Wildman–Crippen LogP) is 1.77. The Morgan fingerprint density at radius 2 is 2.15 bits per heavy atom. The quantitative estimate of drug-likeness (QED) is 0.560. The second-order valence-corrected chi connectivity index (χ2v) is 3.80. The van der Waals surface area contributed by atoms with Gasteiger partial charge in [0.2, 0.25) is 0 Å². The first kappa shape index (κ1) is 7.13. The van der Waals surface area contributed by atoms with Crippen molar-refractivity contribution in [2.24, 2.45) is 0 Å². The van der Waals surface area contributed by atoms with Gasteiger partial charge in [-0.1, -0.05) is 24.3 Å². The van der Waals surface area contributed by atoms with Crippen LogP contribution in [-0.2, 0) is 21.6 Å². The van der Waals surface area contributed by atoms with E-state index < -0.39 is 0 Å². The average Bonchev–Trinajstić information content (AvgIpc) is 2.49. The topological polar surface area (TPSA) is 26.3 Å². The average molecular weight is 174 g/mol. The summed E-state index contributed by atoms with van der Waals surface area (Å²) in [7, 11) is 0. The first-order chi connectivity index (χ1) is 6.30. The Kier molecular flexibility index (Phi) is 1.17. The lowest BCUT2D eigenvalue weighted by atomic mass is 9.72. The molecule has 1 spiro atoms. The fourth-order valence-electron chi connectivity index (χ4n) is 2.35. The first-order valence-electron chi connectivity index (χ1n) is 4.60. The Labute approximate surface area is 76.5 Å². The van der Waals surface area contributed by atoms with Gasteiger partial charge in [-0.15, -0.1) is 0 Å². The zero-order valence-corrected chi connectivity index (χ0v) is 7.25. The number of esters is 1. The Hall–Kier alpha value is -1.31. The monoisotopic (exact) mass is 174 g/mol. The van der Waals surface area contributed by atoms with Crippen LogP contribution in [0.15, 0.2) is 24.3 Å². The van der Waals surface area contributed by atoms with Crippen LogP contribution < -0.4 is 0 Å². The van der Waals surface area contributed by atoms with Gasteiger partial charge in [-0.2, -0.15) is 0 Å². The molecule has 0 bridgehead atoms. The SMILES string of the molecule is O=C1CCC2(Cc3ccccc32)O1. The van der Waals surface area contributed by atoms with Gasteiger partial charge >= 0.3 is 5.97 Å². The molecule has 1 heterocycles. The Morgan fingerprint density at radius 1 is 1.31 bits per heavy atom. The maximum atomic E-state index is 11.0. The van der Waals surface area contributed by atoms with Crippen LogP contribution in [0.3, 0.4) is 0 Å². The summed E-state index contributed by atoms with van der Waals surface area (Å²) in [4.78, 5) is 11.0. The highest BCUT2D eigenvalue weighted by Crippen LogP contribution is 2.48. The Balaban J connectivity index is 2.04. The van der Waals surface area contributed by atoms with Crippen molar-refractivity contribution in [3.05, 3.63) is 35.4 Å². The van der Waals surface area contributed by atoms with Gasteiger partial charge in [-0.05, 0) is 11.1 Å². The van der Waals surface area contributed by atoms with Crippen molar-refractivity contribution >= 4 is 5.97 Å². The third-order valence-corrected chi connectivity index (χ3v) is 3.03. The molecule has 1 aromatic carbocycles. The fourth-order valence-corrected chi connectivity index (χ4v) is 2.35. The highest BCUT2D eigenvalue weighted by atomic mass is 16.6. The van der Waals surface area contributed by atoms with E-state index in [1.165, 1.54) is 11.1 Å². The van der Waals surface area contributed by atoms with Gasteiger partial charge in [0.1, 0.15) is 5.60 Å². The number of fused-ring (bicyclic) bond motifs is 2. The molecule has 66 valence electrons. The number of ether oxygens (including phenoxy) is 1. The minimum absolute atomic E-state index is 0.0468. The van der Waals surface area contributed by atoms with Gasteiger partial charge in [0, 0.05) is 19.3 Å². The van der Waals surface area contributed by atoms with Gasteiger partial charge in [-0.25, -0.2) is 0 Å². The maximum Gasteiger partial charge on any atom is 0.306 e. The zero-order valence-electron chi connectivity index (χ0n) is 7.25. The molecule has 1 fully saturated rings. The van der Waals surface area contributed by atoms with Crippen LogP contribution in [0.2, 0.25) is 0 Å². The van der Waals surface area contributed by atoms with Crippen molar-refractivity contribution in [1.82, 2.24) is 0 Å². The minimum Gasteiger partial charge on any atom is -0.454 e. The minimum atomic E-state index is -0.228. The molecule has 1 aromatic rings. The second-order valence-electron chi connectivity index (χ2n) is 3.80. The Bertz CT molecular complexity index is 383. The normalized spacial score (nSPS) is 29.7. The lowest BCUT2D eigenvalue weighted by molar-refractivity contribution is -0.151. The van der Waals surface area contributed by atoms with E-state index >= 15 is 0 Å². The van der Waals surface area contributed by atoms with Gasteiger partial charge < -0.3 is 4.74 Å². The molecule has 2 aliphatic rings. The van der Waals surface area contributed by atoms with Gasteiger partial charge in [-0.3, -0.25) is 4.79 Å². The molecule has 0 N–H and O–H groups in total. The van der Waals surface area contributed by atoms with Gasteiger partial charge in [0.05, 0.1) is 0 Å². The molecule has 1 aliphatic carbocycles. The molecule has 13 heavy (non-hydrogen) atoms. The zero-order chi connectivity index (χ0) is 8.89. The maximum absolute atomic E-state index is 11.0.